The molecule has 1 aliphatic rings. The van der Waals surface area contributed by atoms with Gasteiger partial charge in [0.25, 0.3) is 5.91 Å². The highest BCUT2D eigenvalue weighted by Gasteiger charge is 2.33. The Labute approximate surface area is 183 Å². The number of carbonyl (C=O) groups excluding carboxylic acids is 2. The van der Waals surface area contributed by atoms with E-state index < -0.39 is 12.1 Å². The first-order valence-electron chi connectivity index (χ1n) is 10.8. The molecule has 0 radical (unpaired) electrons. The smallest absolute Gasteiger partial charge is 0.260 e. The van der Waals surface area contributed by atoms with E-state index in [1.54, 1.807) is 13.0 Å². The lowest BCUT2D eigenvalue weighted by molar-refractivity contribution is -0.136. The van der Waals surface area contributed by atoms with Crippen molar-refractivity contribution in [2.24, 2.45) is 5.92 Å². The van der Waals surface area contributed by atoms with Crippen LogP contribution in [0.25, 0.3) is 0 Å². The quantitative estimate of drug-likeness (QED) is 0.751. The molecule has 6 heteroatoms. The number of benzene rings is 2. The molecular formula is C25H31FN2O3. The van der Waals surface area contributed by atoms with Crippen LogP contribution < -0.4 is 10.1 Å². The van der Waals surface area contributed by atoms with Gasteiger partial charge in [-0.1, -0.05) is 32.0 Å². The molecule has 166 valence electrons. The normalized spacial score (nSPS) is 16.8. The Morgan fingerprint density at radius 3 is 2.48 bits per heavy atom. The number of halogens is 1. The van der Waals surface area contributed by atoms with Crippen molar-refractivity contribution < 1.29 is 18.7 Å². The summed E-state index contributed by atoms with van der Waals surface area (Å²) < 4.78 is 20.0. The third kappa shape index (κ3) is 5.24. The minimum atomic E-state index is -0.662. The van der Waals surface area contributed by atoms with Crippen molar-refractivity contribution in [2.75, 3.05) is 6.54 Å². The van der Waals surface area contributed by atoms with E-state index in [-0.39, 0.29) is 29.6 Å². The van der Waals surface area contributed by atoms with Gasteiger partial charge in [0.15, 0.2) is 6.10 Å². The second-order valence-corrected chi connectivity index (χ2v) is 8.68. The molecule has 0 spiro atoms. The van der Waals surface area contributed by atoms with Gasteiger partial charge in [-0.05, 0) is 68.1 Å². The maximum Gasteiger partial charge on any atom is 0.260 e. The molecule has 0 saturated carbocycles. The topological polar surface area (TPSA) is 58.6 Å². The number of nitrogens with one attached hydrogen (secondary N) is 1. The summed E-state index contributed by atoms with van der Waals surface area (Å²) in [5.74, 6) is -0.128. The summed E-state index contributed by atoms with van der Waals surface area (Å²) in [6, 6.07) is 11.7. The van der Waals surface area contributed by atoms with E-state index in [1.807, 2.05) is 56.9 Å². The van der Waals surface area contributed by atoms with Gasteiger partial charge in [-0.3, -0.25) is 9.59 Å². The van der Waals surface area contributed by atoms with Gasteiger partial charge < -0.3 is 15.0 Å². The predicted molar refractivity (Wildman–Crippen MR) is 118 cm³/mol. The molecule has 1 heterocycles. The summed E-state index contributed by atoms with van der Waals surface area (Å²) in [4.78, 5) is 27.1. The van der Waals surface area contributed by atoms with Gasteiger partial charge in [0, 0.05) is 18.5 Å². The first-order valence-corrected chi connectivity index (χ1v) is 10.8. The van der Waals surface area contributed by atoms with Crippen LogP contribution in [0.5, 0.6) is 5.75 Å². The van der Waals surface area contributed by atoms with Gasteiger partial charge in [0.05, 0.1) is 6.04 Å². The monoisotopic (exact) mass is 426 g/mol. The average molecular weight is 427 g/mol. The molecular weight excluding hydrogens is 395 g/mol. The van der Waals surface area contributed by atoms with Crippen molar-refractivity contribution in [1.29, 1.82) is 0 Å². The van der Waals surface area contributed by atoms with E-state index in [1.165, 1.54) is 12.1 Å². The van der Waals surface area contributed by atoms with E-state index in [4.69, 9.17) is 4.74 Å². The Hall–Kier alpha value is -2.89. The van der Waals surface area contributed by atoms with Gasteiger partial charge >= 0.3 is 0 Å². The Balaban J connectivity index is 1.99. The zero-order valence-electron chi connectivity index (χ0n) is 18.8. The fourth-order valence-electron chi connectivity index (χ4n) is 3.93. The third-order valence-corrected chi connectivity index (χ3v) is 5.40. The highest BCUT2D eigenvalue weighted by molar-refractivity contribution is 5.81. The Kier molecular flexibility index (Phi) is 6.98. The summed E-state index contributed by atoms with van der Waals surface area (Å²) in [5.41, 5.74) is 2.71. The van der Waals surface area contributed by atoms with E-state index in [0.29, 0.717) is 18.7 Å². The Morgan fingerprint density at radius 1 is 1.10 bits per heavy atom. The van der Waals surface area contributed by atoms with Crippen molar-refractivity contribution in [3.63, 3.8) is 0 Å². The minimum Gasteiger partial charge on any atom is -0.481 e. The molecule has 2 aromatic rings. The molecule has 0 saturated heterocycles. The SMILES string of the molecule is CC(C)NC(=O)[C@@H](C)Oc1ccc2c(c1)[C@@H](c1cccc(F)c1)N(C(=O)C(C)C)CC2. The highest BCUT2D eigenvalue weighted by atomic mass is 19.1. The number of amides is 2. The summed E-state index contributed by atoms with van der Waals surface area (Å²) in [7, 11) is 0. The van der Waals surface area contributed by atoms with E-state index in [9.17, 15) is 14.0 Å². The lowest BCUT2D eigenvalue weighted by Gasteiger charge is -2.39. The molecule has 1 aliphatic heterocycles. The molecule has 31 heavy (non-hydrogen) atoms. The summed E-state index contributed by atoms with van der Waals surface area (Å²) in [5, 5.41) is 2.84. The number of nitrogens with zero attached hydrogens (tertiary/aromatic N) is 1. The van der Waals surface area contributed by atoms with E-state index in [2.05, 4.69) is 5.32 Å². The molecule has 2 atom stereocenters. The average Bonchev–Trinajstić information content (AvgIpc) is 2.71. The summed E-state index contributed by atoms with van der Waals surface area (Å²) >= 11 is 0. The van der Waals surface area contributed by atoms with Crippen LogP contribution in [0.3, 0.4) is 0 Å². The van der Waals surface area contributed by atoms with Crippen LogP contribution in [0.15, 0.2) is 42.5 Å². The lowest BCUT2D eigenvalue weighted by atomic mass is 9.87. The van der Waals surface area contributed by atoms with Crippen molar-refractivity contribution in [3.8, 4) is 5.75 Å². The minimum absolute atomic E-state index is 0.0232. The molecule has 2 amide bonds. The molecule has 5 nitrogen and oxygen atoms in total. The molecule has 0 aliphatic carbocycles. The standard InChI is InChI=1S/C25H31FN2O3/c1-15(2)25(30)28-12-11-18-9-10-21(31-17(5)24(29)27-16(3)4)14-22(18)23(28)19-7-6-8-20(26)13-19/h6-10,13-17,23H,11-12H2,1-5H3,(H,27,29)/t17-,23-/m1/s1. The van der Waals surface area contributed by atoms with Crippen molar-refractivity contribution >= 4 is 11.8 Å². The van der Waals surface area contributed by atoms with Gasteiger partial charge in [-0.2, -0.15) is 0 Å². The third-order valence-electron chi connectivity index (χ3n) is 5.40. The zero-order chi connectivity index (χ0) is 22.7. The zero-order valence-corrected chi connectivity index (χ0v) is 18.8. The van der Waals surface area contributed by atoms with Crippen LogP contribution in [-0.4, -0.2) is 35.4 Å². The second-order valence-electron chi connectivity index (χ2n) is 8.68. The molecule has 2 aromatic carbocycles. The highest BCUT2D eigenvalue weighted by Crippen LogP contribution is 2.38. The number of carbonyl (C=O) groups is 2. The maximum absolute atomic E-state index is 14.1. The second kappa shape index (κ2) is 9.50. The van der Waals surface area contributed by atoms with Crippen LogP contribution >= 0.6 is 0 Å². The van der Waals surface area contributed by atoms with Crippen molar-refractivity contribution in [1.82, 2.24) is 10.2 Å². The number of fused-ring (bicyclic) bond motifs is 1. The van der Waals surface area contributed by atoms with Crippen molar-refractivity contribution in [2.45, 2.75) is 59.2 Å². The molecule has 1 N–H and O–H groups in total. The fraction of sp³-hybridized carbons (Fsp3) is 0.440. The van der Waals surface area contributed by atoms with Crippen molar-refractivity contribution in [3.05, 3.63) is 65.0 Å². The van der Waals surface area contributed by atoms with E-state index in [0.717, 1.165) is 16.7 Å². The van der Waals surface area contributed by atoms with Gasteiger partial charge in [-0.25, -0.2) is 4.39 Å². The van der Waals surface area contributed by atoms with Gasteiger partial charge in [0.1, 0.15) is 11.6 Å². The fourth-order valence-corrected chi connectivity index (χ4v) is 3.93. The molecule has 0 aromatic heterocycles. The van der Waals surface area contributed by atoms with Crippen LogP contribution in [0.1, 0.15) is 57.4 Å². The first kappa shape index (κ1) is 22.8. The largest absolute Gasteiger partial charge is 0.481 e. The maximum atomic E-state index is 14.1. The van der Waals surface area contributed by atoms with Crippen LogP contribution in [0.2, 0.25) is 0 Å². The molecule has 0 bridgehead atoms. The van der Waals surface area contributed by atoms with Crippen LogP contribution in [-0.2, 0) is 16.0 Å². The summed E-state index contributed by atoms with van der Waals surface area (Å²) in [6.07, 6.45) is 0.0496. The molecule has 3 rings (SSSR count). The number of hydrogen-bond donors (Lipinski definition) is 1. The lowest BCUT2D eigenvalue weighted by Crippen LogP contribution is -2.42. The number of hydrogen-bond acceptors (Lipinski definition) is 3. The van der Waals surface area contributed by atoms with Gasteiger partial charge in [-0.15, -0.1) is 0 Å². The number of ether oxygens (including phenoxy) is 1. The van der Waals surface area contributed by atoms with E-state index >= 15 is 0 Å². The molecule has 0 fully saturated rings. The summed E-state index contributed by atoms with van der Waals surface area (Å²) in [6.45, 7) is 9.80. The first-order chi connectivity index (χ1) is 14.7. The van der Waals surface area contributed by atoms with Crippen LogP contribution in [0.4, 0.5) is 4.39 Å². The Morgan fingerprint density at radius 2 is 1.84 bits per heavy atom. The molecule has 0 unspecified atom stereocenters. The van der Waals surface area contributed by atoms with Gasteiger partial charge in [0.2, 0.25) is 5.91 Å². The number of rotatable bonds is 6. The Bertz CT molecular complexity index is 958. The van der Waals surface area contributed by atoms with Crippen LogP contribution in [0, 0.1) is 11.7 Å². The predicted octanol–water partition coefficient (Wildman–Crippen LogP) is 4.25.